The van der Waals surface area contributed by atoms with Gasteiger partial charge in [0.05, 0.1) is 12.7 Å². The van der Waals surface area contributed by atoms with Crippen LogP contribution in [0.5, 0.6) is 0 Å². The molecule has 0 aromatic rings. The lowest BCUT2D eigenvalue weighted by molar-refractivity contribution is -0.145. The van der Waals surface area contributed by atoms with Crippen molar-refractivity contribution in [1.29, 1.82) is 5.26 Å². The van der Waals surface area contributed by atoms with E-state index in [1.54, 1.807) is 13.8 Å². The summed E-state index contributed by atoms with van der Waals surface area (Å²) in [4.78, 5) is 16.6. The minimum atomic E-state index is -0.977. The third-order valence-electron chi connectivity index (χ3n) is 5.57. The highest BCUT2D eigenvalue weighted by atomic mass is 16.5. The second-order valence-corrected chi connectivity index (χ2v) is 7.20. The van der Waals surface area contributed by atoms with Crippen molar-refractivity contribution in [3.63, 3.8) is 0 Å². The highest BCUT2D eigenvalue weighted by molar-refractivity contribution is 5.96. The average molecular weight is 306 g/mol. The Morgan fingerprint density at radius 3 is 2.73 bits per heavy atom. The van der Waals surface area contributed by atoms with E-state index in [-0.39, 0.29) is 17.8 Å². The van der Waals surface area contributed by atoms with Crippen LogP contribution in [0.4, 0.5) is 0 Å². The maximum Gasteiger partial charge on any atom is 0.330 e. The summed E-state index contributed by atoms with van der Waals surface area (Å²) in [6.07, 6.45) is 2.33. The number of rotatable bonds is 5. The number of nitriles is 1. The second-order valence-electron chi connectivity index (χ2n) is 7.20. The number of aliphatic hydroxyl groups is 1. The van der Waals surface area contributed by atoms with Crippen molar-refractivity contribution < 1.29 is 14.6 Å². The van der Waals surface area contributed by atoms with Gasteiger partial charge in [0.25, 0.3) is 0 Å². The van der Waals surface area contributed by atoms with E-state index < -0.39 is 17.6 Å². The van der Waals surface area contributed by atoms with E-state index in [1.165, 1.54) is 0 Å². The van der Waals surface area contributed by atoms with Gasteiger partial charge in [0.2, 0.25) is 0 Å². The summed E-state index contributed by atoms with van der Waals surface area (Å²) >= 11 is 0. The minimum absolute atomic E-state index is 0.120. The maximum absolute atomic E-state index is 12.0. The predicted octanol–water partition coefficient (Wildman–Crippen LogP) is 2.48. The molecule has 0 aromatic carbocycles. The van der Waals surface area contributed by atoms with Gasteiger partial charge in [0.1, 0.15) is 11.6 Å². The molecule has 5 nitrogen and oxygen atoms in total. The van der Waals surface area contributed by atoms with Crippen molar-refractivity contribution >= 4 is 11.7 Å². The van der Waals surface area contributed by atoms with Gasteiger partial charge in [0.15, 0.2) is 0 Å². The Kier molecular flexibility index (Phi) is 4.62. The zero-order chi connectivity index (χ0) is 16.5. The van der Waals surface area contributed by atoms with Gasteiger partial charge in [-0.3, -0.25) is 4.99 Å². The first kappa shape index (κ1) is 17.0. The van der Waals surface area contributed by atoms with E-state index in [2.05, 4.69) is 18.8 Å². The molecule has 0 saturated heterocycles. The minimum Gasteiger partial charge on any atom is -0.464 e. The number of aliphatic imine (C=N–C) groups is 1. The van der Waals surface area contributed by atoms with Crippen molar-refractivity contribution in [2.75, 3.05) is 6.61 Å². The molecule has 0 amide bonds. The lowest BCUT2D eigenvalue weighted by Crippen LogP contribution is -2.65. The van der Waals surface area contributed by atoms with Gasteiger partial charge >= 0.3 is 5.97 Å². The van der Waals surface area contributed by atoms with E-state index in [1.807, 2.05) is 6.07 Å². The molecule has 1 N–H and O–H groups in total. The third-order valence-corrected chi connectivity index (χ3v) is 5.57. The summed E-state index contributed by atoms with van der Waals surface area (Å²) in [5.41, 5.74) is -0.159. The van der Waals surface area contributed by atoms with Gasteiger partial charge in [-0.05, 0) is 50.4 Å². The van der Waals surface area contributed by atoms with Crippen LogP contribution in [0.25, 0.3) is 0 Å². The smallest absolute Gasteiger partial charge is 0.330 e. The lowest BCUT2D eigenvalue weighted by atomic mass is 9.44. The van der Waals surface area contributed by atoms with Crippen LogP contribution in [0.1, 0.15) is 53.4 Å². The normalized spacial score (nSPS) is 35.4. The lowest BCUT2D eigenvalue weighted by Gasteiger charge is -2.62. The van der Waals surface area contributed by atoms with Gasteiger partial charge in [-0.25, -0.2) is 4.79 Å². The molecule has 3 fully saturated rings. The summed E-state index contributed by atoms with van der Waals surface area (Å²) in [6, 6.07) is 1.37. The molecule has 5 heteroatoms. The molecule has 2 bridgehead atoms. The molecule has 3 aliphatic rings. The van der Waals surface area contributed by atoms with Crippen LogP contribution in [-0.4, -0.2) is 35.0 Å². The molecule has 0 unspecified atom stereocenters. The number of fused-ring (bicyclic) bond motifs is 2. The molecule has 3 rings (SSSR count). The third kappa shape index (κ3) is 2.77. The van der Waals surface area contributed by atoms with E-state index in [4.69, 9.17) is 10.00 Å². The molecular weight excluding hydrogens is 280 g/mol. The van der Waals surface area contributed by atoms with E-state index in [0.717, 1.165) is 12.8 Å². The highest BCUT2D eigenvalue weighted by Gasteiger charge is 2.61. The SMILES string of the molecule is CCOC(=O)[C@@H](CCC#N)N=C1C[C@H]2C[C@H](C2(C)C)[C@@]1(C)O. The fraction of sp³-hybridized carbons (Fsp3) is 0.824. The molecule has 0 aromatic heterocycles. The molecule has 3 aliphatic carbocycles. The summed E-state index contributed by atoms with van der Waals surface area (Å²) < 4.78 is 5.05. The summed E-state index contributed by atoms with van der Waals surface area (Å²) in [6.45, 7) is 8.23. The summed E-state index contributed by atoms with van der Waals surface area (Å²) in [5.74, 6) is 0.283. The van der Waals surface area contributed by atoms with Crippen LogP contribution < -0.4 is 0 Å². The van der Waals surface area contributed by atoms with Gasteiger partial charge in [0, 0.05) is 12.1 Å². The van der Waals surface area contributed by atoms with Crippen molar-refractivity contribution in [2.24, 2.45) is 22.2 Å². The molecule has 0 aliphatic heterocycles. The summed E-state index contributed by atoms with van der Waals surface area (Å²) in [7, 11) is 0. The fourth-order valence-electron chi connectivity index (χ4n) is 4.00. The quantitative estimate of drug-likeness (QED) is 0.791. The van der Waals surface area contributed by atoms with E-state index >= 15 is 0 Å². The molecule has 0 heterocycles. The van der Waals surface area contributed by atoms with Crippen molar-refractivity contribution in [1.82, 2.24) is 0 Å². The van der Waals surface area contributed by atoms with Crippen LogP contribution in [0.15, 0.2) is 4.99 Å². The number of hydrogen-bond donors (Lipinski definition) is 1. The van der Waals surface area contributed by atoms with Crippen LogP contribution in [-0.2, 0) is 9.53 Å². The number of ether oxygens (including phenoxy) is 1. The second kappa shape index (κ2) is 6.00. The monoisotopic (exact) mass is 306 g/mol. The Bertz CT molecular complexity index is 516. The first-order valence-corrected chi connectivity index (χ1v) is 8.08. The number of carbonyl (C=O) groups is 1. The number of carbonyl (C=O) groups excluding carboxylic acids is 1. The number of esters is 1. The van der Waals surface area contributed by atoms with Crippen molar-refractivity contribution in [3.8, 4) is 6.07 Å². The van der Waals surface area contributed by atoms with Gasteiger partial charge < -0.3 is 9.84 Å². The van der Waals surface area contributed by atoms with Crippen molar-refractivity contribution in [3.05, 3.63) is 0 Å². The zero-order valence-corrected chi connectivity index (χ0v) is 13.9. The molecule has 0 radical (unpaired) electrons. The summed E-state index contributed by atoms with van der Waals surface area (Å²) in [5, 5.41) is 19.7. The predicted molar refractivity (Wildman–Crippen MR) is 83.3 cm³/mol. The fourth-order valence-corrected chi connectivity index (χ4v) is 4.00. The molecule has 0 spiro atoms. The van der Waals surface area contributed by atoms with Gasteiger partial charge in [-0.1, -0.05) is 13.8 Å². The van der Waals surface area contributed by atoms with Gasteiger partial charge in [-0.15, -0.1) is 0 Å². The Labute approximate surface area is 132 Å². The molecule has 122 valence electrons. The van der Waals surface area contributed by atoms with E-state index in [9.17, 15) is 9.90 Å². The molecule has 4 atom stereocenters. The Morgan fingerprint density at radius 2 is 2.23 bits per heavy atom. The Morgan fingerprint density at radius 1 is 1.55 bits per heavy atom. The van der Waals surface area contributed by atoms with Crippen LogP contribution >= 0.6 is 0 Å². The van der Waals surface area contributed by atoms with Crippen LogP contribution in [0.2, 0.25) is 0 Å². The van der Waals surface area contributed by atoms with Gasteiger partial charge in [-0.2, -0.15) is 5.26 Å². The molecule has 22 heavy (non-hydrogen) atoms. The zero-order valence-electron chi connectivity index (χ0n) is 13.9. The molecular formula is C17H26N2O3. The van der Waals surface area contributed by atoms with E-state index in [0.29, 0.717) is 24.7 Å². The highest BCUT2D eigenvalue weighted by Crippen LogP contribution is 2.61. The first-order valence-electron chi connectivity index (χ1n) is 8.08. The Balaban J connectivity index is 2.22. The van der Waals surface area contributed by atoms with Crippen LogP contribution in [0.3, 0.4) is 0 Å². The average Bonchev–Trinajstić information content (AvgIpc) is 2.43. The number of nitrogens with zero attached hydrogens (tertiary/aromatic N) is 2. The molecule has 3 saturated carbocycles. The first-order chi connectivity index (χ1) is 10.2. The Hall–Kier alpha value is -1.41. The topological polar surface area (TPSA) is 82.7 Å². The largest absolute Gasteiger partial charge is 0.464 e. The standard InChI is InChI=1S/C17H26N2O3/c1-5-22-15(20)12(7-6-8-18)19-14-10-11-9-13(16(11,2)3)17(14,4)21/h11-13,21H,5-7,9-10H2,1-4H3/t11-,12-,13-,17-/m1/s1. The number of hydrogen-bond acceptors (Lipinski definition) is 5. The van der Waals surface area contributed by atoms with Crippen LogP contribution in [0, 0.1) is 28.6 Å². The van der Waals surface area contributed by atoms with Crippen molar-refractivity contribution in [2.45, 2.75) is 65.0 Å². The maximum atomic E-state index is 12.0.